The normalized spacial score (nSPS) is 11.2. The van der Waals surface area contributed by atoms with Crippen molar-refractivity contribution < 1.29 is 4.74 Å². The second-order valence-electron chi connectivity index (χ2n) is 8.90. The molecule has 35 heavy (non-hydrogen) atoms. The zero-order chi connectivity index (χ0) is 24.4. The highest BCUT2D eigenvalue weighted by atomic mass is 16.5. The molecule has 0 aliphatic rings. The third-order valence-electron chi connectivity index (χ3n) is 6.62. The summed E-state index contributed by atoms with van der Waals surface area (Å²) in [5, 5.41) is 1.17. The molecule has 3 aromatic carbocycles. The number of aromatic amines is 1. The summed E-state index contributed by atoms with van der Waals surface area (Å²) >= 11 is 0. The molecule has 0 saturated heterocycles. The lowest BCUT2D eigenvalue weighted by molar-refractivity contribution is 0.306. The summed E-state index contributed by atoms with van der Waals surface area (Å²) in [4.78, 5) is 20.6. The molecule has 5 rings (SSSR count). The van der Waals surface area contributed by atoms with Crippen LogP contribution in [0, 0.1) is 20.8 Å². The van der Waals surface area contributed by atoms with Gasteiger partial charge >= 0.3 is 0 Å². The number of aromatic nitrogens is 3. The molecule has 0 amide bonds. The Hall–Kier alpha value is -4.12. The van der Waals surface area contributed by atoms with E-state index in [1.165, 1.54) is 10.9 Å². The van der Waals surface area contributed by atoms with Gasteiger partial charge in [-0.05, 0) is 62.1 Å². The van der Waals surface area contributed by atoms with Gasteiger partial charge in [0.05, 0.1) is 5.56 Å². The van der Waals surface area contributed by atoms with Gasteiger partial charge in [-0.2, -0.15) is 4.98 Å². The fraction of sp³-hybridized carbons (Fsp3) is 0.200. The number of ether oxygens (including phenoxy) is 1. The van der Waals surface area contributed by atoms with Gasteiger partial charge in [0.25, 0.3) is 5.56 Å². The van der Waals surface area contributed by atoms with Crippen molar-refractivity contribution in [2.45, 2.75) is 40.3 Å². The van der Waals surface area contributed by atoms with Crippen LogP contribution < -0.4 is 10.3 Å². The van der Waals surface area contributed by atoms with Crippen molar-refractivity contribution in [3.05, 3.63) is 118 Å². The number of rotatable bonds is 7. The summed E-state index contributed by atoms with van der Waals surface area (Å²) in [5.74, 6) is 1.59. The van der Waals surface area contributed by atoms with Crippen LogP contribution in [0.1, 0.15) is 28.3 Å². The predicted octanol–water partition coefficient (Wildman–Crippen LogP) is 6.14. The molecule has 2 aromatic heterocycles. The minimum atomic E-state index is -0.175. The van der Waals surface area contributed by atoms with Crippen LogP contribution in [-0.4, -0.2) is 14.5 Å². The van der Waals surface area contributed by atoms with Gasteiger partial charge in [0, 0.05) is 28.8 Å². The van der Waals surface area contributed by atoms with E-state index in [0.29, 0.717) is 12.2 Å². The Morgan fingerprint density at radius 1 is 0.914 bits per heavy atom. The minimum absolute atomic E-state index is 0.175. The fourth-order valence-corrected chi connectivity index (χ4v) is 4.80. The van der Waals surface area contributed by atoms with Crippen LogP contribution in [0.5, 0.6) is 5.75 Å². The van der Waals surface area contributed by atoms with E-state index >= 15 is 0 Å². The van der Waals surface area contributed by atoms with Crippen LogP contribution in [0.4, 0.5) is 0 Å². The minimum Gasteiger partial charge on any atom is -0.489 e. The SMILES string of the molecule is Cc1[nH]c2ccc(OCc3ccccc3)cc2c1CCn1c(C)nc(=O)c(-c2ccccc2)c1C. The first-order chi connectivity index (χ1) is 17.0. The highest BCUT2D eigenvalue weighted by molar-refractivity contribution is 5.86. The van der Waals surface area contributed by atoms with Crippen molar-refractivity contribution in [1.29, 1.82) is 0 Å². The number of nitrogens with zero attached hydrogens (tertiary/aromatic N) is 2. The van der Waals surface area contributed by atoms with Crippen molar-refractivity contribution in [2.75, 3.05) is 0 Å². The molecule has 2 heterocycles. The lowest BCUT2D eigenvalue weighted by Crippen LogP contribution is -2.22. The number of H-pyrrole nitrogens is 1. The summed E-state index contributed by atoms with van der Waals surface area (Å²) in [6, 6.07) is 26.2. The number of nitrogens with one attached hydrogen (secondary N) is 1. The number of hydrogen-bond acceptors (Lipinski definition) is 3. The van der Waals surface area contributed by atoms with Crippen LogP contribution in [0.25, 0.3) is 22.0 Å². The maximum absolute atomic E-state index is 12.7. The van der Waals surface area contributed by atoms with Crippen LogP contribution in [0.2, 0.25) is 0 Å². The highest BCUT2D eigenvalue weighted by Crippen LogP contribution is 2.28. The number of aryl methyl sites for hydroxylation is 3. The molecule has 0 saturated carbocycles. The van der Waals surface area contributed by atoms with E-state index in [4.69, 9.17) is 4.74 Å². The molecule has 0 fully saturated rings. The zero-order valence-corrected chi connectivity index (χ0v) is 20.3. The average Bonchev–Trinajstić information content (AvgIpc) is 3.18. The van der Waals surface area contributed by atoms with Gasteiger partial charge < -0.3 is 14.3 Å². The van der Waals surface area contributed by atoms with E-state index in [0.717, 1.165) is 52.6 Å². The Balaban J connectivity index is 1.43. The molecule has 0 aliphatic carbocycles. The molecule has 176 valence electrons. The third-order valence-corrected chi connectivity index (χ3v) is 6.62. The first kappa shape index (κ1) is 22.7. The van der Waals surface area contributed by atoms with Crippen molar-refractivity contribution in [1.82, 2.24) is 14.5 Å². The number of benzene rings is 3. The van der Waals surface area contributed by atoms with Gasteiger partial charge in [0.1, 0.15) is 18.2 Å². The smallest absolute Gasteiger partial charge is 0.281 e. The van der Waals surface area contributed by atoms with E-state index in [1.807, 2.05) is 68.4 Å². The largest absolute Gasteiger partial charge is 0.489 e. The van der Waals surface area contributed by atoms with Gasteiger partial charge in [-0.1, -0.05) is 60.7 Å². The summed E-state index contributed by atoms with van der Waals surface area (Å²) in [6.07, 6.45) is 0.814. The molecule has 0 aliphatic heterocycles. The van der Waals surface area contributed by atoms with E-state index in [2.05, 4.69) is 45.7 Å². The predicted molar refractivity (Wildman–Crippen MR) is 141 cm³/mol. The summed E-state index contributed by atoms with van der Waals surface area (Å²) in [6.45, 7) is 7.29. The van der Waals surface area contributed by atoms with Crippen molar-refractivity contribution in [3.8, 4) is 16.9 Å². The maximum Gasteiger partial charge on any atom is 0.281 e. The van der Waals surface area contributed by atoms with Crippen LogP contribution in [-0.2, 0) is 19.6 Å². The Kier molecular flexibility index (Phi) is 6.23. The lowest BCUT2D eigenvalue weighted by atomic mass is 10.0. The molecule has 0 unspecified atom stereocenters. The monoisotopic (exact) mass is 463 g/mol. The number of fused-ring (bicyclic) bond motifs is 1. The van der Waals surface area contributed by atoms with Crippen LogP contribution in [0.15, 0.2) is 83.7 Å². The third kappa shape index (κ3) is 4.62. The topological polar surface area (TPSA) is 59.9 Å². The second kappa shape index (κ2) is 9.63. The maximum atomic E-state index is 12.7. The molecule has 0 atom stereocenters. The highest BCUT2D eigenvalue weighted by Gasteiger charge is 2.15. The van der Waals surface area contributed by atoms with E-state index in [-0.39, 0.29) is 5.56 Å². The quantitative estimate of drug-likeness (QED) is 0.315. The molecule has 0 spiro atoms. The molecular formula is C30H29N3O2. The standard InChI is InChI=1S/C30H29N3O2/c1-20-26(27-18-25(14-15-28(27)31-20)35-19-23-10-6-4-7-11-23)16-17-33-21(2)29(30(34)32-22(33)3)24-12-8-5-9-13-24/h4-15,18,31H,16-17,19H2,1-3H3. The first-order valence-electron chi connectivity index (χ1n) is 11.9. The Labute approximate surface area is 205 Å². The van der Waals surface area contributed by atoms with Gasteiger partial charge in [-0.15, -0.1) is 0 Å². The second-order valence-corrected chi connectivity index (χ2v) is 8.90. The van der Waals surface area contributed by atoms with Gasteiger partial charge in [-0.3, -0.25) is 4.79 Å². The van der Waals surface area contributed by atoms with E-state index in [9.17, 15) is 4.79 Å². The Bertz CT molecular complexity index is 1530. The summed E-state index contributed by atoms with van der Waals surface area (Å²) < 4.78 is 8.23. The summed E-state index contributed by atoms with van der Waals surface area (Å²) in [7, 11) is 0. The fourth-order valence-electron chi connectivity index (χ4n) is 4.80. The molecule has 5 heteroatoms. The van der Waals surface area contributed by atoms with Crippen molar-refractivity contribution in [2.24, 2.45) is 0 Å². The summed E-state index contributed by atoms with van der Waals surface area (Å²) in [5.41, 5.74) is 6.98. The molecule has 5 aromatic rings. The van der Waals surface area contributed by atoms with E-state index < -0.39 is 0 Å². The number of hydrogen-bond donors (Lipinski definition) is 1. The molecule has 0 bridgehead atoms. The first-order valence-corrected chi connectivity index (χ1v) is 11.9. The average molecular weight is 464 g/mol. The molecular weight excluding hydrogens is 434 g/mol. The zero-order valence-electron chi connectivity index (χ0n) is 20.3. The van der Waals surface area contributed by atoms with Gasteiger partial charge in [-0.25, -0.2) is 0 Å². The van der Waals surface area contributed by atoms with Crippen LogP contribution in [0.3, 0.4) is 0 Å². The van der Waals surface area contributed by atoms with Gasteiger partial charge in [0.15, 0.2) is 0 Å². The molecule has 5 nitrogen and oxygen atoms in total. The van der Waals surface area contributed by atoms with Crippen molar-refractivity contribution >= 4 is 10.9 Å². The van der Waals surface area contributed by atoms with Crippen molar-refractivity contribution in [3.63, 3.8) is 0 Å². The molecule has 0 radical (unpaired) electrons. The van der Waals surface area contributed by atoms with Crippen LogP contribution >= 0.6 is 0 Å². The van der Waals surface area contributed by atoms with Gasteiger partial charge in [0.2, 0.25) is 0 Å². The molecule has 1 N–H and O–H groups in total. The van der Waals surface area contributed by atoms with E-state index in [1.54, 1.807) is 0 Å². The Morgan fingerprint density at radius 2 is 1.63 bits per heavy atom. The lowest BCUT2D eigenvalue weighted by Gasteiger charge is -2.17. The Morgan fingerprint density at radius 3 is 2.37 bits per heavy atom.